The van der Waals surface area contributed by atoms with Gasteiger partial charge in [-0.3, -0.25) is 14.2 Å². The molecule has 2 N–H and O–H groups in total. The number of primary amides is 1. The first-order chi connectivity index (χ1) is 10.5. The van der Waals surface area contributed by atoms with Crippen molar-refractivity contribution in [2.24, 2.45) is 5.73 Å². The summed E-state index contributed by atoms with van der Waals surface area (Å²) in [6.45, 7) is 1.29. The molecule has 2 aromatic heterocycles. The molecule has 7 heteroatoms. The highest BCUT2D eigenvalue weighted by molar-refractivity contribution is 5.99. The molecule has 0 bridgehead atoms. The number of amides is 1. The predicted molar refractivity (Wildman–Crippen MR) is 82.8 cm³/mol. The van der Waals surface area contributed by atoms with Gasteiger partial charge < -0.3 is 15.1 Å². The Morgan fingerprint density at radius 2 is 2.14 bits per heavy atom. The van der Waals surface area contributed by atoms with E-state index < -0.39 is 5.91 Å². The van der Waals surface area contributed by atoms with E-state index in [1.807, 2.05) is 19.0 Å². The van der Waals surface area contributed by atoms with Crippen molar-refractivity contribution in [1.29, 1.82) is 0 Å². The molecular weight excluding hydrogens is 284 g/mol. The summed E-state index contributed by atoms with van der Waals surface area (Å²) in [7, 11) is 3.88. The van der Waals surface area contributed by atoms with Crippen LogP contribution in [-0.4, -0.2) is 41.0 Å². The number of aromatic nitrogens is 2. The Morgan fingerprint density at radius 1 is 1.36 bits per heavy atom. The topological polar surface area (TPSA) is 94.4 Å². The molecule has 114 valence electrons. The van der Waals surface area contributed by atoms with Gasteiger partial charge in [-0.1, -0.05) is 0 Å². The Kier molecular flexibility index (Phi) is 3.42. The quantitative estimate of drug-likeness (QED) is 0.769. The summed E-state index contributed by atoms with van der Waals surface area (Å²) in [6.07, 6.45) is 1.54. The van der Waals surface area contributed by atoms with Gasteiger partial charge in [0.25, 0.3) is 11.5 Å². The lowest BCUT2D eigenvalue weighted by atomic mass is 10.2. The van der Waals surface area contributed by atoms with Crippen LogP contribution in [0.25, 0.3) is 21.9 Å². The van der Waals surface area contributed by atoms with E-state index in [1.165, 1.54) is 6.33 Å². The zero-order valence-electron chi connectivity index (χ0n) is 12.4. The maximum Gasteiger partial charge on any atom is 0.284 e. The lowest BCUT2D eigenvalue weighted by Crippen LogP contribution is -2.26. The van der Waals surface area contributed by atoms with Crippen LogP contribution in [-0.2, 0) is 6.54 Å². The van der Waals surface area contributed by atoms with E-state index in [0.717, 1.165) is 6.54 Å². The Labute approximate surface area is 125 Å². The lowest BCUT2D eigenvalue weighted by molar-refractivity contribution is 0.0976. The van der Waals surface area contributed by atoms with Crippen molar-refractivity contribution >= 4 is 27.8 Å². The second-order valence-corrected chi connectivity index (χ2v) is 5.43. The second kappa shape index (κ2) is 5.27. The summed E-state index contributed by atoms with van der Waals surface area (Å²) >= 11 is 0. The Balaban J connectivity index is 2.14. The molecule has 2 heterocycles. The summed E-state index contributed by atoms with van der Waals surface area (Å²) in [6, 6.07) is 4.88. The summed E-state index contributed by atoms with van der Waals surface area (Å²) in [5.41, 5.74) is 6.09. The number of carbonyl (C=O) groups is 1. The molecule has 0 aliphatic heterocycles. The number of benzene rings is 1. The Hall–Kier alpha value is -2.67. The number of carbonyl (C=O) groups excluding carboxylic acids is 1. The van der Waals surface area contributed by atoms with Gasteiger partial charge in [0.2, 0.25) is 0 Å². The van der Waals surface area contributed by atoms with E-state index in [9.17, 15) is 9.59 Å². The fraction of sp³-hybridized carbons (Fsp3) is 0.267. The van der Waals surface area contributed by atoms with E-state index in [1.54, 1.807) is 22.8 Å². The number of furan rings is 1. The van der Waals surface area contributed by atoms with Crippen molar-refractivity contribution in [3.8, 4) is 0 Å². The second-order valence-electron chi connectivity index (χ2n) is 5.43. The minimum atomic E-state index is -0.642. The van der Waals surface area contributed by atoms with E-state index in [-0.39, 0.29) is 11.3 Å². The number of nitrogens with two attached hydrogens (primary N) is 1. The van der Waals surface area contributed by atoms with Crippen LogP contribution in [0.2, 0.25) is 0 Å². The summed E-state index contributed by atoms with van der Waals surface area (Å²) in [5.74, 6) is -0.574. The molecule has 0 aliphatic rings. The van der Waals surface area contributed by atoms with Gasteiger partial charge in [-0.25, -0.2) is 4.98 Å². The van der Waals surface area contributed by atoms with Crippen LogP contribution < -0.4 is 11.3 Å². The molecule has 0 aliphatic carbocycles. The first-order valence-corrected chi connectivity index (χ1v) is 6.83. The number of hydrogen-bond donors (Lipinski definition) is 1. The molecule has 0 saturated heterocycles. The van der Waals surface area contributed by atoms with Gasteiger partial charge in [-0.2, -0.15) is 0 Å². The van der Waals surface area contributed by atoms with E-state index in [2.05, 4.69) is 4.98 Å². The van der Waals surface area contributed by atoms with E-state index in [0.29, 0.717) is 28.4 Å². The zero-order chi connectivity index (χ0) is 15.9. The third-order valence-electron chi connectivity index (χ3n) is 3.49. The van der Waals surface area contributed by atoms with Crippen molar-refractivity contribution in [2.45, 2.75) is 6.54 Å². The minimum Gasteiger partial charge on any atom is -0.451 e. The number of rotatable bonds is 4. The number of fused-ring (bicyclic) bond motifs is 2. The minimum absolute atomic E-state index is 0.0678. The molecule has 0 atom stereocenters. The van der Waals surface area contributed by atoms with Crippen LogP contribution in [0.3, 0.4) is 0 Å². The molecule has 0 spiro atoms. The highest BCUT2D eigenvalue weighted by atomic mass is 16.3. The third kappa shape index (κ3) is 2.46. The van der Waals surface area contributed by atoms with E-state index in [4.69, 9.17) is 10.2 Å². The summed E-state index contributed by atoms with van der Waals surface area (Å²) < 4.78 is 6.93. The molecule has 3 rings (SSSR count). The van der Waals surface area contributed by atoms with Crippen molar-refractivity contribution in [2.75, 3.05) is 20.6 Å². The van der Waals surface area contributed by atoms with Crippen molar-refractivity contribution in [3.05, 3.63) is 40.6 Å². The first-order valence-electron chi connectivity index (χ1n) is 6.83. The maximum absolute atomic E-state index is 12.5. The normalized spacial score (nSPS) is 11.6. The fourth-order valence-electron chi connectivity index (χ4n) is 2.28. The molecule has 0 saturated carbocycles. The number of likely N-dealkylation sites (N-methyl/N-ethyl adjacent to an activating group) is 1. The smallest absolute Gasteiger partial charge is 0.284 e. The third-order valence-corrected chi connectivity index (χ3v) is 3.49. The molecular formula is C15H16N4O3. The molecule has 0 fully saturated rings. The standard InChI is InChI=1S/C15H16N4O3/c1-18(2)3-4-19-8-17-11-5-9-6-13(14(16)20)22-12(9)7-10(11)15(19)21/h5-8H,3-4H2,1-2H3,(H2,16,20). The number of hydrogen-bond acceptors (Lipinski definition) is 5. The van der Waals surface area contributed by atoms with Crippen LogP contribution in [0.4, 0.5) is 0 Å². The lowest BCUT2D eigenvalue weighted by Gasteiger charge is -2.11. The van der Waals surface area contributed by atoms with Crippen molar-refractivity contribution in [3.63, 3.8) is 0 Å². The van der Waals surface area contributed by atoms with Gasteiger partial charge in [0, 0.05) is 18.5 Å². The van der Waals surface area contributed by atoms with Crippen molar-refractivity contribution < 1.29 is 9.21 Å². The monoisotopic (exact) mass is 300 g/mol. The van der Waals surface area contributed by atoms with E-state index >= 15 is 0 Å². The Morgan fingerprint density at radius 3 is 2.82 bits per heavy atom. The molecule has 0 unspecified atom stereocenters. The molecule has 0 radical (unpaired) electrons. The van der Waals surface area contributed by atoms with Crippen LogP contribution in [0.5, 0.6) is 0 Å². The largest absolute Gasteiger partial charge is 0.451 e. The molecule has 1 amide bonds. The predicted octanol–water partition coefficient (Wildman–Crippen LogP) is 0.803. The van der Waals surface area contributed by atoms with Gasteiger partial charge in [0.15, 0.2) is 5.76 Å². The van der Waals surface area contributed by atoms with Crippen LogP contribution in [0, 0.1) is 0 Å². The van der Waals surface area contributed by atoms with Crippen LogP contribution in [0.15, 0.2) is 33.7 Å². The highest BCUT2D eigenvalue weighted by Gasteiger charge is 2.12. The van der Waals surface area contributed by atoms with Crippen LogP contribution in [0.1, 0.15) is 10.6 Å². The highest BCUT2D eigenvalue weighted by Crippen LogP contribution is 2.23. The average Bonchev–Trinajstić information content (AvgIpc) is 2.88. The molecule has 22 heavy (non-hydrogen) atoms. The fourth-order valence-corrected chi connectivity index (χ4v) is 2.28. The molecule has 3 aromatic rings. The van der Waals surface area contributed by atoms with Gasteiger partial charge >= 0.3 is 0 Å². The molecule has 7 nitrogen and oxygen atoms in total. The Bertz CT molecular complexity index is 924. The van der Waals surface area contributed by atoms with Gasteiger partial charge in [0.1, 0.15) is 5.58 Å². The molecule has 1 aromatic carbocycles. The maximum atomic E-state index is 12.5. The average molecular weight is 300 g/mol. The SMILES string of the molecule is CN(C)CCn1cnc2cc3cc(C(N)=O)oc3cc2c1=O. The van der Waals surface area contributed by atoms with Gasteiger partial charge in [-0.05, 0) is 32.3 Å². The van der Waals surface area contributed by atoms with Crippen LogP contribution >= 0.6 is 0 Å². The summed E-state index contributed by atoms with van der Waals surface area (Å²) in [5, 5.41) is 1.15. The van der Waals surface area contributed by atoms with Crippen molar-refractivity contribution in [1.82, 2.24) is 14.5 Å². The van der Waals surface area contributed by atoms with Gasteiger partial charge in [0.05, 0.1) is 17.2 Å². The zero-order valence-corrected chi connectivity index (χ0v) is 12.4. The number of nitrogens with zero attached hydrogens (tertiary/aromatic N) is 3. The first kappa shape index (κ1) is 14.3. The summed E-state index contributed by atoms with van der Waals surface area (Å²) in [4.78, 5) is 30.0. The van der Waals surface area contributed by atoms with Gasteiger partial charge in [-0.15, -0.1) is 0 Å².